The molecule has 4 atom stereocenters. The van der Waals surface area contributed by atoms with E-state index in [4.69, 9.17) is 9.47 Å². The van der Waals surface area contributed by atoms with Crippen LogP contribution in [0.3, 0.4) is 0 Å². The van der Waals surface area contributed by atoms with Crippen LogP contribution < -0.4 is 0 Å². The Bertz CT molecular complexity index is 839. The van der Waals surface area contributed by atoms with Gasteiger partial charge in [-0.15, -0.1) is 0 Å². The molecule has 27 heavy (non-hydrogen) atoms. The van der Waals surface area contributed by atoms with Crippen molar-refractivity contribution >= 4 is 10.9 Å². The molecule has 1 aromatic heterocycles. The molecule has 3 unspecified atom stereocenters. The summed E-state index contributed by atoms with van der Waals surface area (Å²) in [5, 5.41) is 5.94. The van der Waals surface area contributed by atoms with Crippen LogP contribution >= 0.6 is 0 Å². The number of fused-ring (bicyclic) bond motifs is 2. The van der Waals surface area contributed by atoms with Gasteiger partial charge >= 0.3 is 0 Å². The van der Waals surface area contributed by atoms with Gasteiger partial charge in [-0.05, 0) is 73.6 Å². The second-order valence-electron chi connectivity index (χ2n) is 9.00. The zero-order valence-electron chi connectivity index (χ0n) is 16.1. The van der Waals surface area contributed by atoms with E-state index in [9.17, 15) is 0 Å². The Balaban J connectivity index is 1.26. The van der Waals surface area contributed by atoms with E-state index >= 15 is 0 Å². The Morgan fingerprint density at radius 3 is 2.70 bits per heavy atom. The van der Waals surface area contributed by atoms with Crippen LogP contribution in [0.25, 0.3) is 10.9 Å². The Hall–Kier alpha value is -1.43. The summed E-state index contributed by atoms with van der Waals surface area (Å²) in [5.41, 5.74) is 4.24. The quantitative estimate of drug-likeness (QED) is 0.833. The van der Waals surface area contributed by atoms with Crippen LogP contribution in [0, 0.1) is 18.8 Å². The van der Waals surface area contributed by atoms with Crippen molar-refractivity contribution < 1.29 is 9.47 Å². The first kappa shape index (κ1) is 16.5. The van der Waals surface area contributed by atoms with Crippen LogP contribution in [0.2, 0.25) is 0 Å². The van der Waals surface area contributed by atoms with Crippen molar-refractivity contribution in [1.29, 1.82) is 0 Å². The number of hydrogen-bond acceptors (Lipinski definition) is 4. The second-order valence-corrected chi connectivity index (χ2v) is 9.00. The molecule has 0 spiro atoms. The van der Waals surface area contributed by atoms with Crippen molar-refractivity contribution in [2.75, 3.05) is 32.9 Å². The average Bonchev–Trinajstić information content (AvgIpc) is 3.20. The van der Waals surface area contributed by atoms with Crippen LogP contribution in [0.5, 0.6) is 0 Å². The fraction of sp³-hybridized carbons (Fsp3) is 0.682. The predicted octanol–water partition coefficient (Wildman–Crippen LogP) is 3.48. The summed E-state index contributed by atoms with van der Waals surface area (Å²) < 4.78 is 13.7. The van der Waals surface area contributed by atoms with Crippen LogP contribution in [0.4, 0.5) is 0 Å². The summed E-state index contributed by atoms with van der Waals surface area (Å²) in [4.78, 5) is 2.69. The molecule has 5 heteroatoms. The van der Waals surface area contributed by atoms with Gasteiger partial charge in [0.25, 0.3) is 0 Å². The molecule has 144 valence electrons. The minimum atomic E-state index is 0.114. The van der Waals surface area contributed by atoms with Crippen LogP contribution in [0.15, 0.2) is 18.3 Å². The van der Waals surface area contributed by atoms with Gasteiger partial charge in [-0.25, -0.2) is 4.68 Å². The minimum absolute atomic E-state index is 0.114. The van der Waals surface area contributed by atoms with E-state index in [-0.39, 0.29) is 6.23 Å². The van der Waals surface area contributed by atoms with Gasteiger partial charge in [-0.3, -0.25) is 4.90 Å². The number of hydrogen-bond donors (Lipinski definition) is 0. The molecular formula is C22H29N3O2. The van der Waals surface area contributed by atoms with E-state index in [1.165, 1.54) is 48.8 Å². The number of ether oxygens (including phenoxy) is 2. The minimum Gasteiger partial charge on any atom is -0.380 e. The normalized spacial score (nSPS) is 36.4. The first-order chi connectivity index (χ1) is 13.3. The van der Waals surface area contributed by atoms with Crippen LogP contribution in [-0.4, -0.2) is 53.6 Å². The number of likely N-dealkylation sites (tertiary alicyclic amines) is 1. The Morgan fingerprint density at radius 1 is 1.07 bits per heavy atom. The molecule has 6 rings (SSSR count). The highest BCUT2D eigenvalue weighted by Gasteiger charge is 2.57. The van der Waals surface area contributed by atoms with Gasteiger partial charge in [-0.1, -0.05) is 0 Å². The van der Waals surface area contributed by atoms with Gasteiger partial charge in [0.1, 0.15) is 0 Å². The van der Waals surface area contributed by atoms with Crippen molar-refractivity contribution in [1.82, 2.24) is 14.7 Å². The maximum absolute atomic E-state index is 6.00. The lowest BCUT2D eigenvalue weighted by molar-refractivity contribution is -0.0366. The van der Waals surface area contributed by atoms with Gasteiger partial charge in [0.05, 0.1) is 18.3 Å². The summed E-state index contributed by atoms with van der Waals surface area (Å²) in [6.45, 7) is 7.54. The van der Waals surface area contributed by atoms with Gasteiger partial charge in [-0.2, -0.15) is 5.10 Å². The topological polar surface area (TPSA) is 39.5 Å². The zero-order valence-corrected chi connectivity index (χ0v) is 16.1. The standard InChI is InChI=1S/C22H29N3O2/c1-14-8-15-10-23-25(21-4-2-3-6-27-21)20(15)9-17(14)22-18-11-24(12-19(18)22)16-5-7-26-13-16/h8-10,16,18-19,21-22H,2-7,11-13H2,1H3/t16-,18?,19?,21?,22?/m0/s1. The molecular weight excluding hydrogens is 338 g/mol. The maximum atomic E-state index is 6.00. The third-order valence-electron chi connectivity index (χ3n) is 7.42. The highest BCUT2D eigenvalue weighted by Crippen LogP contribution is 2.59. The summed E-state index contributed by atoms with van der Waals surface area (Å²) in [6, 6.07) is 5.45. The van der Waals surface area contributed by atoms with Crippen molar-refractivity contribution in [3.63, 3.8) is 0 Å². The monoisotopic (exact) mass is 367 g/mol. The van der Waals surface area contributed by atoms with Gasteiger partial charge < -0.3 is 9.47 Å². The molecule has 2 aromatic rings. The summed E-state index contributed by atoms with van der Waals surface area (Å²) >= 11 is 0. The summed E-state index contributed by atoms with van der Waals surface area (Å²) in [6.07, 6.45) is 6.83. The lowest BCUT2D eigenvalue weighted by Gasteiger charge is -2.26. The maximum Gasteiger partial charge on any atom is 0.150 e. The van der Waals surface area contributed by atoms with Crippen molar-refractivity contribution in [3.8, 4) is 0 Å². The summed E-state index contributed by atoms with van der Waals surface area (Å²) in [5.74, 6) is 2.41. The number of nitrogens with zero attached hydrogens (tertiary/aromatic N) is 3. The number of aromatic nitrogens is 2. The van der Waals surface area contributed by atoms with Gasteiger partial charge in [0.2, 0.25) is 0 Å². The van der Waals surface area contributed by atoms with Gasteiger partial charge in [0.15, 0.2) is 6.23 Å². The molecule has 3 aliphatic heterocycles. The van der Waals surface area contributed by atoms with E-state index in [0.717, 1.165) is 44.0 Å². The highest BCUT2D eigenvalue weighted by molar-refractivity contribution is 5.81. The lowest BCUT2D eigenvalue weighted by Crippen LogP contribution is -2.35. The third kappa shape index (κ3) is 2.66. The van der Waals surface area contributed by atoms with Crippen molar-refractivity contribution in [2.24, 2.45) is 11.8 Å². The molecule has 1 saturated carbocycles. The van der Waals surface area contributed by atoms with E-state index in [0.29, 0.717) is 6.04 Å². The fourth-order valence-electron chi connectivity index (χ4n) is 5.86. The molecule has 4 heterocycles. The predicted molar refractivity (Wildman–Crippen MR) is 104 cm³/mol. The zero-order chi connectivity index (χ0) is 18.0. The van der Waals surface area contributed by atoms with E-state index in [1.54, 1.807) is 5.56 Å². The average molecular weight is 367 g/mol. The SMILES string of the molecule is Cc1cc2cnn(C3CCCCO3)c2cc1C1C2CN([C@H]3CCOC3)CC21. The van der Waals surface area contributed by atoms with Gasteiger partial charge in [0, 0.05) is 37.7 Å². The molecule has 5 nitrogen and oxygen atoms in total. The summed E-state index contributed by atoms with van der Waals surface area (Å²) in [7, 11) is 0. The molecule has 3 saturated heterocycles. The van der Waals surface area contributed by atoms with Crippen LogP contribution in [0.1, 0.15) is 49.0 Å². The lowest BCUT2D eigenvalue weighted by atomic mass is 9.99. The van der Waals surface area contributed by atoms with E-state index in [1.807, 2.05) is 6.20 Å². The number of rotatable bonds is 3. The molecule has 1 aromatic carbocycles. The molecule has 0 N–H and O–H groups in total. The fourth-order valence-corrected chi connectivity index (χ4v) is 5.86. The highest BCUT2D eigenvalue weighted by atomic mass is 16.5. The first-order valence-corrected chi connectivity index (χ1v) is 10.7. The number of benzene rings is 1. The molecule has 4 fully saturated rings. The first-order valence-electron chi connectivity index (χ1n) is 10.7. The Kier molecular flexibility index (Phi) is 3.85. The third-order valence-corrected chi connectivity index (χ3v) is 7.42. The molecule has 0 amide bonds. The van der Waals surface area contributed by atoms with E-state index < -0.39 is 0 Å². The number of piperidine rings is 1. The Labute approximate surface area is 160 Å². The number of aryl methyl sites for hydroxylation is 1. The smallest absolute Gasteiger partial charge is 0.150 e. The molecule has 0 bridgehead atoms. The van der Waals surface area contributed by atoms with E-state index in [2.05, 4.69) is 33.7 Å². The van der Waals surface area contributed by atoms with Crippen molar-refractivity contribution in [2.45, 2.75) is 50.8 Å². The Morgan fingerprint density at radius 2 is 1.96 bits per heavy atom. The largest absolute Gasteiger partial charge is 0.380 e. The molecule has 4 aliphatic rings. The van der Waals surface area contributed by atoms with Crippen molar-refractivity contribution in [3.05, 3.63) is 29.5 Å². The molecule has 1 aliphatic carbocycles. The second kappa shape index (κ2) is 6.29. The molecule has 0 radical (unpaired) electrons. The van der Waals surface area contributed by atoms with Crippen LogP contribution in [-0.2, 0) is 9.47 Å².